The van der Waals surface area contributed by atoms with Crippen LogP contribution in [0.4, 0.5) is 5.82 Å². The highest BCUT2D eigenvalue weighted by Gasteiger charge is 2.13. The summed E-state index contributed by atoms with van der Waals surface area (Å²) in [5.74, 6) is 0.948. The van der Waals surface area contributed by atoms with Gasteiger partial charge in [-0.3, -0.25) is 0 Å². The van der Waals surface area contributed by atoms with Gasteiger partial charge in [0.1, 0.15) is 10.4 Å². The maximum Gasteiger partial charge on any atom is 0.127 e. The smallest absolute Gasteiger partial charge is 0.127 e. The number of nitrogens with zero attached hydrogens (tertiary/aromatic N) is 2. The van der Waals surface area contributed by atoms with Crippen LogP contribution in [-0.4, -0.2) is 35.6 Å². The van der Waals surface area contributed by atoms with Gasteiger partial charge in [-0.05, 0) is 60.9 Å². The molecule has 0 radical (unpaired) electrons. The van der Waals surface area contributed by atoms with Crippen molar-refractivity contribution in [2.45, 2.75) is 32.2 Å². The lowest BCUT2D eigenvalue weighted by atomic mass is 10.1. The lowest BCUT2D eigenvalue weighted by Gasteiger charge is -2.29. The summed E-state index contributed by atoms with van der Waals surface area (Å²) >= 11 is 3.39. The zero-order valence-corrected chi connectivity index (χ0v) is 11.9. The SMILES string of the molecule is CC(CN1CCCCC1)Nc1cccc(Br)n1. The summed E-state index contributed by atoms with van der Waals surface area (Å²) in [6.45, 7) is 5.82. The van der Waals surface area contributed by atoms with Crippen LogP contribution in [0.5, 0.6) is 0 Å². The molecular formula is C13H20BrN3. The molecule has 3 nitrogen and oxygen atoms in total. The van der Waals surface area contributed by atoms with Crippen molar-refractivity contribution >= 4 is 21.7 Å². The number of halogens is 1. The van der Waals surface area contributed by atoms with E-state index in [0.29, 0.717) is 6.04 Å². The third-order valence-corrected chi connectivity index (χ3v) is 3.53. The highest BCUT2D eigenvalue weighted by molar-refractivity contribution is 9.10. The summed E-state index contributed by atoms with van der Waals surface area (Å²) < 4.78 is 0.882. The van der Waals surface area contributed by atoms with E-state index in [1.807, 2.05) is 18.2 Å². The second-order valence-electron chi connectivity index (χ2n) is 4.75. The summed E-state index contributed by atoms with van der Waals surface area (Å²) in [6.07, 6.45) is 4.09. The molecule has 1 aliphatic rings. The van der Waals surface area contributed by atoms with E-state index in [9.17, 15) is 0 Å². The maximum atomic E-state index is 4.39. The molecule has 2 rings (SSSR count). The Morgan fingerprint density at radius 2 is 2.12 bits per heavy atom. The zero-order chi connectivity index (χ0) is 12.1. The van der Waals surface area contributed by atoms with Crippen LogP contribution in [0.2, 0.25) is 0 Å². The van der Waals surface area contributed by atoms with E-state index >= 15 is 0 Å². The molecule has 1 aromatic heterocycles. The van der Waals surface area contributed by atoms with Gasteiger partial charge in [0, 0.05) is 12.6 Å². The number of anilines is 1. The van der Waals surface area contributed by atoms with Crippen molar-refractivity contribution in [2.24, 2.45) is 0 Å². The van der Waals surface area contributed by atoms with E-state index < -0.39 is 0 Å². The molecule has 1 N–H and O–H groups in total. The van der Waals surface area contributed by atoms with Gasteiger partial charge in [-0.25, -0.2) is 4.98 Å². The minimum Gasteiger partial charge on any atom is -0.366 e. The molecule has 4 heteroatoms. The lowest BCUT2D eigenvalue weighted by molar-refractivity contribution is 0.223. The van der Waals surface area contributed by atoms with Crippen LogP contribution in [0.25, 0.3) is 0 Å². The van der Waals surface area contributed by atoms with Crippen LogP contribution in [0.15, 0.2) is 22.8 Å². The van der Waals surface area contributed by atoms with Crippen molar-refractivity contribution in [1.82, 2.24) is 9.88 Å². The Balaban J connectivity index is 1.82. The fourth-order valence-electron chi connectivity index (χ4n) is 2.32. The van der Waals surface area contributed by atoms with Crippen molar-refractivity contribution in [3.05, 3.63) is 22.8 Å². The van der Waals surface area contributed by atoms with Crippen LogP contribution in [0.1, 0.15) is 26.2 Å². The molecule has 0 spiro atoms. The molecule has 1 saturated heterocycles. The van der Waals surface area contributed by atoms with Crippen molar-refractivity contribution < 1.29 is 0 Å². The molecule has 1 aliphatic heterocycles. The van der Waals surface area contributed by atoms with Gasteiger partial charge in [0.2, 0.25) is 0 Å². The molecule has 1 atom stereocenters. The van der Waals surface area contributed by atoms with Gasteiger partial charge in [0.25, 0.3) is 0 Å². The van der Waals surface area contributed by atoms with Crippen molar-refractivity contribution in [3.63, 3.8) is 0 Å². The first-order chi connectivity index (χ1) is 8.24. The Bertz CT molecular complexity index is 350. The monoisotopic (exact) mass is 297 g/mol. The maximum absolute atomic E-state index is 4.39. The van der Waals surface area contributed by atoms with Crippen LogP contribution in [0, 0.1) is 0 Å². The number of piperidine rings is 1. The third-order valence-electron chi connectivity index (χ3n) is 3.09. The summed E-state index contributed by atoms with van der Waals surface area (Å²) in [5, 5.41) is 3.45. The van der Waals surface area contributed by atoms with Gasteiger partial charge in [-0.2, -0.15) is 0 Å². The van der Waals surface area contributed by atoms with Gasteiger partial charge >= 0.3 is 0 Å². The van der Waals surface area contributed by atoms with Crippen LogP contribution in [0.3, 0.4) is 0 Å². The molecule has 1 fully saturated rings. The largest absolute Gasteiger partial charge is 0.366 e. The molecule has 0 saturated carbocycles. The van der Waals surface area contributed by atoms with Crippen LogP contribution in [-0.2, 0) is 0 Å². The summed E-state index contributed by atoms with van der Waals surface area (Å²) in [6, 6.07) is 6.40. The second kappa shape index (κ2) is 6.36. The first-order valence-electron chi connectivity index (χ1n) is 6.35. The van der Waals surface area contributed by atoms with Crippen molar-refractivity contribution in [3.8, 4) is 0 Å². The van der Waals surface area contributed by atoms with E-state index in [-0.39, 0.29) is 0 Å². The van der Waals surface area contributed by atoms with Gasteiger partial charge in [-0.15, -0.1) is 0 Å². The Morgan fingerprint density at radius 1 is 1.35 bits per heavy atom. The Morgan fingerprint density at radius 3 is 2.82 bits per heavy atom. The van der Waals surface area contributed by atoms with Gasteiger partial charge < -0.3 is 10.2 Å². The predicted molar refractivity (Wildman–Crippen MR) is 75.3 cm³/mol. The number of nitrogens with one attached hydrogen (secondary N) is 1. The highest BCUT2D eigenvalue weighted by Crippen LogP contribution is 2.13. The lowest BCUT2D eigenvalue weighted by Crippen LogP contribution is -2.38. The third kappa shape index (κ3) is 4.28. The van der Waals surface area contributed by atoms with Crippen LogP contribution < -0.4 is 5.32 Å². The second-order valence-corrected chi connectivity index (χ2v) is 5.56. The van der Waals surface area contributed by atoms with Gasteiger partial charge in [0.05, 0.1) is 0 Å². The zero-order valence-electron chi connectivity index (χ0n) is 10.3. The fraction of sp³-hybridized carbons (Fsp3) is 0.615. The summed E-state index contributed by atoms with van der Waals surface area (Å²) in [4.78, 5) is 6.93. The Labute approximate surface area is 112 Å². The number of rotatable bonds is 4. The first kappa shape index (κ1) is 12.8. The standard InChI is InChI=1S/C13H20BrN3/c1-11(10-17-8-3-2-4-9-17)15-13-7-5-6-12(14)16-13/h5-7,11H,2-4,8-10H2,1H3,(H,15,16). The van der Waals surface area contributed by atoms with E-state index in [2.05, 4.69) is 38.1 Å². The molecule has 2 heterocycles. The van der Waals surface area contributed by atoms with E-state index in [1.165, 1.54) is 32.4 Å². The number of likely N-dealkylation sites (tertiary alicyclic amines) is 1. The average Bonchev–Trinajstić information content (AvgIpc) is 2.30. The predicted octanol–water partition coefficient (Wildman–Crippen LogP) is 3.13. The van der Waals surface area contributed by atoms with E-state index in [1.54, 1.807) is 0 Å². The van der Waals surface area contributed by atoms with E-state index in [4.69, 9.17) is 0 Å². The number of hydrogen-bond donors (Lipinski definition) is 1. The van der Waals surface area contributed by atoms with Gasteiger partial charge in [-0.1, -0.05) is 12.5 Å². The molecule has 0 aliphatic carbocycles. The topological polar surface area (TPSA) is 28.2 Å². The van der Waals surface area contributed by atoms with Crippen LogP contribution >= 0.6 is 15.9 Å². The summed E-state index contributed by atoms with van der Waals surface area (Å²) in [5.41, 5.74) is 0. The molecule has 0 amide bonds. The van der Waals surface area contributed by atoms with Crippen molar-refractivity contribution in [1.29, 1.82) is 0 Å². The Kier molecular flexibility index (Phi) is 4.80. The molecule has 1 unspecified atom stereocenters. The molecule has 17 heavy (non-hydrogen) atoms. The minimum absolute atomic E-state index is 0.440. The van der Waals surface area contributed by atoms with Crippen molar-refractivity contribution in [2.75, 3.05) is 25.0 Å². The average molecular weight is 298 g/mol. The minimum atomic E-state index is 0.440. The highest BCUT2D eigenvalue weighted by atomic mass is 79.9. The quantitative estimate of drug-likeness (QED) is 0.866. The molecule has 0 bridgehead atoms. The number of pyridine rings is 1. The summed E-state index contributed by atoms with van der Waals surface area (Å²) in [7, 11) is 0. The molecule has 0 aromatic carbocycles. The molecular weight excluding hydrogens is 278 g/mol. The number of aromatic nitrogens is 1. The molecule has 1 aromatic rings. The fourth-order valence-corrected chi connectivity index (χ4v) is 2.66. The van der Waals surface area contributed by atoms with Gasteiger partial charge in [0.15, 0.2) is 0 Å². The molecule has 94 valence electrons. The Hall–Kier alpha value is -0.610. The van der Waals surface area contributed by atoms with E-state index in [0.717, 1.165) is 17.0 Å². The number of hydrogen-bond acceptors (Lipinski definition) is 3. The first-order valence-corrected chi connectivity index (χ1v) is 7.15. The normalized spacial score (nSPS) is 18.9.